The van der Waals surface area contributed by atoms with Crippen molar-refractivity contribution >= 4 is 35.1 Å². The lowest BCUT2D eigenvalue weighted by Gasteiger charge is -2.19. The molecule has 3 atom stereocenters. The van der Waals surface area contributed by atoms with Crippen LogP contribution >= 0.6 is 23.2 Å². The third kappa shape index (κ3) is 6.47. The molecule has 1 amide bonds. The van der Waals surface area contributed by atoms with Crippen molar-refractivity contribution in [2.24, 2.45) is 0 Å². The molecule has 3 unspecified atom stereocenters. The molecular formula is C17H21Cl2NO5. The first-order chi connectivity index (χ1) is 11.8. The molecule has 0 bridgehead atoms. The molecule has 1 aliphatic heterocycles. The third-order valence-corrected chi connectivity index (χ3v) is 4.34. The fraction of sp³-hybridized carbons (Fsp3) is 0.529. The lowest BCUT2D eigenvalue weighted by molar-refractivity contribution is -0.144. The molecule has 1 aliphatic rings. The quantitative estimate of drug-likeness (QED) is 0.713. The summed E-state index contributed by atoms with van der Waals surface area (Å²) in [5, 5.41) is 12.7. The summed E-state index contributed by atoms with van der Waals surface area (Å²) in [5.41, 5.74) is 0.623. The van der Waals surface area contributed by atoms with Crippen LogP contribution in [0.5, 0.6) is 0 Å². The maximum atomic E-state index is 12.2. The summed E-state index contributed by atoms with van der Waals surface area (Å²) in [6, 6.07) is 3.69. The number of benzene rings is 1. The standard InChI is InChI=1S/C17H21Cl2NO5/c1-10(25-9-14-3-2-4-24-14)16(21)20-15(17(22)23)7-11-5-12(18)8-13(19)6-11/h5-6,8,10,14-15H,2-4,7,9H2,1H3,(H,20,21)(H,22,23). The van der Waals surface area contributed by atoms with Crippen molar-refractivity contribution in [2.45, 2.75) is 44.4 Å². The van der Waals surface area contributed by atoms with Crippen molar-refractivity contribution in [1.29, 1.82) is 0 Å². The number of amides is 1. The SMILES string of the molecule is CC(OCC1CCCO1)C(=O)NC(Cc1cc(Cl)cc(Cl)c1)C(=O)O. The fourth-order valence-corrected chi connectivity index (χ4v) is 3.13. The Balaban J connectivity index is 1.90. The molecule has 1 saturated heterocycles. The maximum Gasteiger partial charge on any atom is 0.326 e. The number of carbonyl (C=O) groups excluding carboxylic acids is 1. The summed E-state index contributed by atoms with van der Waals surface area (Å²) in [5.74, 6) is -1.63. The van der Waals surface area contributed by atoms with Gasteiger partial charge in [0.25, 0.3) is 0 Å². The van der Waals surface area contributed by atoms with E-state index in [1.54, 1.807) is 25.1 Å². The van der Waals surface area contributed by atoms with E-state index in [1.807, 2.05) is 0 Å². The summed E-state index contributed by atoms with van der Waals surface area (Å²) in [7, 11) is 0. The van der Waals surface area contributed by atoms with Gasteiger partial charge < -0.3 is 19.9 Å². The maximum absolute atomic E-state index is 12.2. The predicted molar refractivity (Wildman–Crippen MR) is 94.1 cm³/mol. The minimum atomic E-state index is -1.14. The Labute approximate surface area is 156 Å². The van der Waals surface area contributed by atoms with Gasteiger partial charge in [0.05, 0.1) is 12.7 Å². The summed E-state index contributed by atoms with van der Waals surface area (Å²) in [4.78, 5) is 23.7. The number of carbonyl (C=O) groups is 2. The molecule has 1 aromatic rings. The second-order valence-electron chi connectivity index (χ2n) is 5.99. The van der Waals surface area contributed by atoms with E-state index in [9.17, 15) is 14.7 Å². The van der Waals surface area contributed by atoms with Gasteiger partial charge in [-0.05, 0) is 43.5 Å². The Kier molecular flexibility index (Phi) is 7.50. The van der Waals surface area contributed by atoms with Crippen LogP contribution in [0, 0.1) is 0 Å². The van der Waals surface area contributed by atoms with E-state index in [2.05, 4.69) is 5.32 Å². The minimum absolute atomic E-state index is 0.000812. The lowest BCUT2D eigenvalue weighted by atomic mass is 10.1. The molecule has 1 heterocycles. The van der Waals surface area contributed by atoms with Gasteiger partial charge in [-0.15, -0.1) is 0 Å². The van der Waals surface area contributed by atoms with Crippen LogP contribution in [-0.2, 0) is 25.5 Å². The minimum Gasteiger partial charge on any atom is -0.480 e. The average molecular weight is 390 g/mol. The third-order valence-electron chi connectivity index (χ3n) is 3.90. The second-order valence-corrected chi connectivity index (χ2v) is 6.86. The number of aliphatic carboxylic acids is 1. The van der Waals surface area contributed by atoms with Crippen LogP contribution in [0.2, 0.25) is 10.0 Å². The number of nitrogens with one attached hydrogen (secondary N) is 1. The molecule has 1 fully saturated rings. The van der Waals surface area contributed by atoms with E-state index in [1.165, 1.54) is 0 Å². The van der Waals surface area contributed by atoms with E-state index in [4.69, 9.17) is 32.7 Å². The van der Waals surface area contributed by atoms with Gasteiger partial charge in [0.1, 0.15) is 12.1 Å². The number of carboxylic acids is 1. The van der Waals surface area contributed by atoms with Gasteiger partial charge in [-0.1, -0.05) is 23.2 Å². The molecule has 1 aromatic carbocycles. The van der Waals surface area contributed by atoms with Gasteiger partial charge >= 0.3 is 5.97 Å². The number of hydrogen-bond acceptors (Lipinski definition) is 4. The second kappa shape index (κ2) is 9.38. The van der Waals surface area contributed by atoms with E-state index < -0.39 is 24.0 Å². The van der Waals surface area contributed by atoms with Crippen LogP contribution in [-0.4, -0.2) is 48.4 Å². The topological polar surface area (TPSA) is 84.9 Å². The monoisotopic (exact) mass is 389 g/mol. The number of carboxylic acid groups (broad SMARTS) is 1. The smallest absolute Gasteiger partial charge is 0.326 e. The Morgan fingerprint density at radius 2 is 2.04 bits per heavy atom. The van der Waals surface area contributed by atoms with Crippen LogP contribution in [0.3, 0.4) is 0 Å². The van der Waals surface area contributed by atoms with Crippen LogP contribution < -0.4 is 5.32 Å². The highest BCUT2D eigenvalue weighted by atomic mass is 35.5. The zero-order valence-corrected chi connectivity index (χ0v) is 15.3. The first kappa shape index (κ1) is 20.0. The van der Waals surface area contributed by atoms with Gasteiger partial charge in [-0.25, -0.2) is 4.79 Å². The van der Waals surface area contributed by atoms with Crippen molar-refractivity contribution in [3.8, 4) is 0 Å². The largest absolute Gasteiger partial charge is 0.480 e. The van der Waals surface area contributed by atoms with Crippen LogP contribution in [0.25, 0.3) is 0 Å². The molecule has 0 spiro atoms. The highest BCUT2D eigenvalue weighted by Crippen LogP contribution is 2.20. The Hall–Kier alpha value is -1.34. The van der Waals surface area contributed by atoms with E-state index in [0.717, 1.165) is 12.8 Å². The van der Waals surface area contributed by atoms with Gasteiger partial charge in [0, 0.05) is 23.1 Å². The highest BCUT2D eigenvalue weighted by molar-refractivity contribution is 6.34. The highest BCUT2D eigenvalue weighted by Gasteiger charge is 2.25. The summed E-state index contributed by atoms with van der Waals surface area (Å²) in [6.07, 6.45) is 1.19. The van der Waals surface area contributed by atoms with Gasteiger partial charge in [0.15, 0.2) is 0 Å². The van der Waals surface area contributed by atoms with Crippen molar-refractivity contribution < 1.29 is 24.2 Å². The summed E-state index contributed by atoms with van der Waals surface area (Å²) >= 11 is 11.8. The van der Waals surface area contributed by atoms with E-state index >= 15 is 0 Å². The number of rotatable bonds is 8. The number of hydrogen-bond donors (Lipinski definition) is 2. The van der Waals surface area contributed by atoms with Gasteiger partial charge in [-0.2, -0.15) is 0 Å². The number of halogens is 2. The molecule has 0 radical (unpaired) electrons. The van der Waals surface area contributed by atoms with E-state index in [0.29, 0.717) is 28.8 Å². The van der Waals surface area contributed by atoms with Crippen LogP contribution in [0.4, 0.5) is 0 Å². The zero-order valence-electron chi connectivity index (χ0n) is 13.8. The van der Waals surface area contributed by atoms with Crippen molar-refractivity contribution in [2.75, 3.05) is 13.2 Å². The summed E-state index contributed by atoms with van der Waals surface area (Å²) in [6.45, 7) is 2.60. The number of ether oxygens (including phenoxy) is 2. The van der Waals surface area contributed by atoms with Crippen molar-refractivity contribution in [3.05, 3.63) is 33.8 Å². The molecule has 0 saturated carbocycles. The molecule has 6 nitrogen and oxygen atoms in total. The molecule has 0 aromatic heterocycles. The van der Waals surface area contributed by atoms with E-state index in [-0.39, 0.29) is 12.5 Å². The first-order valence-corrected chi connectivity index (χ1v) is 8.82. The Morgan fingerprint density at radius 3 is 2.60 bits per heavy atom. The fourth-order valence-electron chi connectivity index (χ4n) is 2.56. The molecule has 25 heavy (non-hydrogen) atoms. The van der Waals surface area contributed by atoms with Gasteiger partial charge in [0.2, 0.25) is 5.91 Å². The van der Waals surface area contributed by atoms with Crippen molar-refractivity contribution in [1.82, 2.24) is 5.32 Å². The predicted octanol–water partition coefficient (Wildman–Crippen LogP) is 2.69. The van der Waals surface area contributed by atoms with Gasteiger partial charge in [-0.3, -0.25) is 4.79 Å². The summed E-state index contributed by atoms with van der Waals surface area (Å²) < 4.78 is 10.9. The average Bonchev–Trinajstić information content (AvgIpc) is 3.04. The molecule has 8 heteroatoms. The van der Waals surface area contributed by atoms with Crippen LogP contribution in [0.1, 0.15) is 25.3 Å². The Bertz CT molecular complexity index is 599. The molecular weight excluding hydrogens is 369 g/mol. The lowest BCUT2D eigenvalue weighted by Crippen LogP contribution is -2.47. The Morgan fingerprint density at radius 1 is 1.36 bits per heavy atom. The normalized spacial score (nSPS) is 19.4. The van der Waals surface area contributed by atoms with Crippen molar-refractivity contribution in [3.63, 3.8) is 0 Å². The molecule has 0 aliphatic carbocycles. The zero-order chi connectivity index (χ0) is 18.4. The van der Waals surface area contributed by atoms with Crippen LogP contribution in [0.15, 0.2) is 18.2 Å². The molecule has 2 N–H and O–H groups in total. The molecule has 138 valence electrons. The molecule has 2 rings (SSSR count). The first-order valence-electron chi connectivity index (χ1n) is 8.06.